The predicted octanol–water partition coefficient (Wildman–Crippen LogP) is 2.84. The average Bonchev–Trinajstić information content (AvgIpc) is 2.47. The molecule has 1 aliphatic carbocycles. The molecule has 2 heterocycles. The summed E-state index contributed by atoms with van der Waals surface area (Å²) in [6.07, 6.45) is -1.45. The van der Waals surface area contributed by atoms with Crippen molar-refractivity contribution in [1.29, 1.82) is 0 Å². The molecule has 0 aromatic carbocycles. The zero-order valence-electron chi connectivity index (χ0n) is 12.1. The van der Waals surface area contributed by atoms with Gasteiger partial charge in [0.2, 0.25) is 0 Å². The molecule has 0 spiro atoms. The van der Waals surface area contributed by atoms with E-state index >= 15 is 0 Å². The van der Waals surface area contributed by atoms with Crippen LogP contribution in [0, 0.1) is 0 Å². The maximum absolute atomic E-state index is 12.9. The Balaban J connectivity index is 1.94. The third-order valence-electron chi connectivity index (χ3n) is 4.24. The Labute approximate surface area is 130 Å². The zero-order chi connectivity index (χ0) is 16.7. The number of aromatic nitrogens is 2. The van der Waals surface area contributed by atoms with E-state index in [9.17, 15) is 23.4 Å². The smallest absolute Gasteiger partial charge is 0.433 e. The summed E-state index contributed by atoms with van der Waals surface area (Å²) in [7, 11) is 0. The number of hydrogen-bond donors (Lipinski definition) is 2. The van der Waals surface area contributed by atoms with Crippen molar-refractivity contribution in [3.8, 4) is 5.75 Å². The molecule has 1 saturated carbocycles. The standard InChI is InChI=1S/C16H15F3N2O2/c17-16(18,19)14-5-10(3-4-20-14)15(7-13(23)8-15)6-11-1-2-12(22)9-21-11/h1-5,9,13,22-23H,6-8H2. The topological polar surface area (TPSA) is 66.2 Å². The molecule has 122 valence electrons. The van der Waals surface area contributed by atoms with Crippen molar-refractivity contribution < 1.29 is 23.4 Å². The lowest BCUT2D eigenvalue weighted by molar-refractivity contribution is -0.141. The molecule has 0 amide bonds. The zero-order valence-corrected chi connectivity index (χ0v) is 12.1. The van der Waals surface area contributed by atoms with Crippen LogP contribution in [0.2, 0.25) is 0 Å². The fourth-order valence-corrected chi connectivity index (χ4v) is 3.11. The summed E-state index contributed by atoms with van der Waals surface area (Å²) in [5.74, 6) is 0.0275. The van der Waals surface area contributed by atoms with Crippen LogP contribution in [-0.4, -0.2) is 26.3 Å². The number of aliphatic hydroxyl groups is 1. The molecular weight excluding hydrogens is 309 g/mol. The van der Waals surface area contributed by atoms with Gasteiger partial charge in [-0.25, -0.2) is 0 Å². The minimum Gasteiger partial charge on any atom is -0.506 e. The summed E-state index contributed by atoms with van der Waals surface area (Å²) in [5, 5.41) is 19.0. The summed E-state index contributed by atoms with van der Waals surface area (Å²) < 4.78 is 38.6. The highest BCUT2D eigenvalue weighted by Crippen LogP contribution is 2.47. The summed E-state index contributed by atoms with van der Waals surface area (Å²) in [5.41, 5.74) is -0.374. The maximum atomic E-state index is 12.9. The van der Waals surface area contributed by atoms with Crippen LogP contribution in [0.15, 0.2) is 36.7 Å². The average molecular weight is 324 g/mol. The van der Waals surface area contributed by atoms with Crippen molar-refractivity contribution in [1.82, 2.24) is 9.97 Å². The molecule has 4 nitrogen and oxygen atoms in total. The van der Waals surface area contributed by atoms with E-state index in [1.807, 2.05) is 0 Å². The Bertz CT molecular complexity index is 695. The molecular formula is C16H15F3N2O2. The molecule has 23 heavy (non-hydrogen) atoms. The van der Waals surface area contributed by atoms with Crippen LogP contribution in [0.4, 0.5) is 13.2 Å². The summed E-state index contributed by atoms with van der Waals surface area (Å²) in [6, 6.07) is 5.72. The highest BCUT2D eigenvalue weighted by atomic mass is 19.4. The lowest BCUT2D eigenvalue weighted by Crippen LogP contribution is -2.46. The molecule has 0 saturated heterocycles. The van der Waals surface area contributed by atoms with E-state index in [0.29, 0.717) is 30.5 Å². The normalized spacial score (nSPS) is 24.3. The molecule has 2 aromatic heterocycles. The third kappa shape index (κ3) is 3.14. The Kier molecular flexibility index (Phi) is 3.75. The number of aromatic hydroxyl groups is 1. The molecule has 1 aliphatic rings. The number of hydrogen-bond acceptors (Lipinski definition) is 4. The second-order valence-corrected chi connectivity index (χ2v) is 5.95. The highest BCUT2D eigenvalue weighted by molar-refractivity contribution is 5.33. The molecule has 0 bridgehead atoms. The molecule has 3 rings (SSSR count). The Morgan fingerprint density at radius 2 is 1.91 bits per heavy atom. The van der Waals surface area contributed by atoms with E-state index < -0.39 is 23.4 Å². The lowest BCUT2D eigenvalue weighted by atomic mass is 9.60. The van der Waals surface area contributed by atoms with Gasteiger partial charge in [-0.1, -0.05) is 0 Å². The summed E-state index contributed by atoms with van der Waals surface area (Å²) in [6.45, 7) is 0. The Hall–Kier alpha value is -2.15. The van der Waals surface area contributed by atoms with Gasteiger partial charge in [0.25, 0.3) is 0 Å². The van der Waals surface area contributed by atoms with E-state index in [0.717, 1.165) is 12.3 Å². The van der Waals surface area contributed by atoms with E-state index in [-0.39, 0.29) is 5.75 Å². The van der Waals surface area contributed by atoms with Crippen molar-refractivity contribution in [3.05, 3.63) is 53.6 Å². The Morgan fingerprint density at radius 3 is 2.48 bits per heavy atom. The minimum absolute atomic E-state index is 0.0275. The molecule has 0 atom stereocenters. The van der Waals surface area contributed by atoms with Crippen LogP contribution in [0.5, 0.6) is 5.75 Å². The minimum atomic E-state index is -4.50. The molecule has 0 radical (unpaired) electrons. The van der Waals surface area contributed by atoms with Gasteiger partial charge in [-0.3, -0.25) is 9.97 Å². The van der Waals surface area contributed by atoms with Gasteiger partial charge in [0.15, 0.2) is 0 Å². The van der Waals surface area contributed by atoms with E-state index in [2.05, 4.69) is 9.97 Å². The second-order valence-electron chi connectivity index (χ2n) is 5.95. The first-order valence-electron chi connectivity index (χ1n) is 7.14. The van der Waals surface area contributed by atoms with Gasteiger partial charge in [-0.2, -0.15) is 13.2 Å². The monoisotopic (exact) mass is 324 g/mol. The van der Waals surface area contributed by atoms with Crippen LogP contribution >= 0.6 is 0 Å². The van der Waals surface area contributed by atoms with Crippen molar-refractivity contribution in [3.63, 3.8) is 0 Å². The number of rotatable bonds is 3. The van der Waals surface area contributed by atoms with Crippen LogP contribution in [0.1, 0.15) is 29.8 Å². The van der Waals surface area contributed by atoms with E-state index in [1.54, 1.807) is 12.1 Å². The molecule has 0 unspecified atom stereocenters. The first-order valence-corrected chi connectivity index (χ1v) is 7.14. The lowest BCUT2D eigenvalue weighted by Gasteiger charge is -2.46. The van der Waals surface area contributed by atoms with E-state index in [4.69, 9.17) is 0 Å². The molecule has 2 N–H and O–H groups in total. The van der Waals surface area contributed by atoms with Crippen molar-refractivity contribution in [2.75, 3.05) is 0 Å². The van der Waals surface area contributed by atoms with Gasteiger partial charge in [0.1, 0.15) is 11.4 Å². The molecule has 7 heteroatoms. The molecule has 0 aliphatic heterocycles. The highest BCUT2D eigenvalue weighted by Gasteiger charge is 2.46. The van der Waals surface area contributed by atoms with Gasteiger partial charge >= 0.3 is 6.18 Å². The van der Waals surface area contributed by atoms with Crippen LogP contribution in [0.3, 0.4) is 0 Å². The molecule has 1 fully saturated rings. The predicted molar refractivity (Wildman–Crippen MR) is 75.8 cm³/mol. The van der Waals surface area contributed by atoms with Gasteiger partial charge in [0, 0.05) is 17.3 Å². The van der Waals surface area contributed by atoms with Crippen molar-refractivity contribution >= 4 is 0 Å². The van der Waals surface area contributed by atoms with E-state index in [1.165, 1.54) is 12.3 Å². The summed E-state index contributed by atoms with van der Waals surface area (Å²) in [4.78, 5) is 7.48. The van der Waals surface area contributed by atoms with Crippen LogP contribution in [-0.2, 0) is 18.0 Å². The number of nitrogens with zero attached hydrogens (tertiary/aromatic N) is 2. The van der Waals surface area contributed by atoms with Crippen molar-refractivity contribution in [2.24, 2.45) is 0 Å². The first-order chi connectivity index (χ1) is 10.8. The van der Waals surface area contributed by atoms with Gasteiger partial charge in [-0.05, 0) is 49.1 Å². The maximum Gasteiger partial charge on any atom is 0.433 e. The first kappa shape index (κ1) is 15.7. The second kappa shape index (κ2) is 5.49. The van der Waals surface area contributed by atoms with Crippen molar-refractivity contribution in [2.45, 2.75) is 37.0 Å². The van der Waals surface area contributed by atoms with Gasteiger partial charge in [-0.15, -0.1) is 0 Å². The molecule has 2 aromatic rings. The largest absolute Gasteiger partial charge is 0.506 e. The number of halogens is 3. The quantitative estimate of drug-likeness (QED) is 0.911. The number of pyridine rings is 2. The fourth-order valence-electron chi connectivity index (χ4n) is 3.11. The van der Waals surface area contributed by atoms with Crippen LogP contribution in [0.25, 0.3) is 0 Å². The third-order valence-corrected chi connectivity index (χ3v) is 4.24. The van der Waals surface area contributed by atoms with Gasteiger partial charge < -0.3 is 10.2 Å². The SMILES string of the molecule is Oc1ccc(CC2(c3ccnc(C(F)(F)F)c3)CC(O)C2)nc1. The summed E-state index contributed by atoms with van der Waals surface area (Å²) >= 11 is 0. The Morgan fingerprint density at radius 1 is 1.17 bits per heavy atom. The fraction of sp³-hybridized carbons (Fsp3) is 0.375. The number of alkyl halides is 3. The number of aliphatic hydroxyl groups excluding tert-OH is 1. The van der Waals surface area contributed by atoms with Gasteiger partial charge in [0.05, 0.1) is 12.3 Å². The van der Waals surface area contributed by atoms with Crippen LogP contribution < -0.4 is 0 Å².